The molecule has 0 aliphatic carbocycles. The number of carboxylic acids is 1. The molecule has 0 radical (unpaired) electrons. The summed E-state index contributed by atoms with van der Waals surface area (Å²) in [7, 11) is 0. The Labute approximate surface area is 114 Å². The van der Waals surface area contributed by atoms with Gasteiger partial charge in [-0.1, -0.05) is 25.5 Å². The molecule has 0 amide bonds. The fraction of sp³-hybridized carbons (Fsp3) is 0.286. The predicted octanol–water partition coefficient (Wildman–Crippen LogP) is 3.91. The Balaban J connectivity index is 2.54. The molecule has 2 rings (SSSR count). The maximum absolute atomic E-state index is 14.0. The first-order valence-electron chi connectivity index (χ1n) is 6.03. The molecule has 0 saturated heterocycles. The van der Waals surface area contributed by atoms with Gasteiger partial charge in [-0.25, -0.2) is 14.2 Å². The molecule has 1 aromatic heterocycles. The molecule has 0 aliphatic rings. The van der Waals surface area contributed by atoms with Crippen LogP contribution in [0.2, 0.25) is 0 Å². The third kappa shape index (κ3) is 2.66. The molecule has 1 aromatic carbocycles. The zero-order valence-corrected chi connectivity index (χ0v) is 11.6. The van der Waals surface area contributed by atoms with Crippen LogP contribution >= 0.6 is 11.3 Å². The van der Waals surface area contributed by atoms with Crippen LogP contribution in [-0.4, -0.2) is 16.1 Å². The van der Waals surface area contributed by atoms with E-state index in [1.807, 2.05) is 6.92 Å². The lowest BCUT2D eigenvalue weighted by molar-refractivity contribution is 0.0700. The first kappa shape index (κ1) is 13.7. The average molecular weight is 279 g/mol. The number of hydrogen-bond acceptors (Lipinski definition) is 3. The van der Waals surface area contributed by atoms with Crippen LogP contribution in [0.5, 0.6) is 0 Å². The van der Waals surface area contributed by atoms with E-state index in [2.05, 4.69) is 4.98 Å². The van der Waals surface area contributed by atoms with Crippen LogP contribution in [0, 0.1) is 12.7 Å². The molecule has 0 atom stereocenters. The van der Waals surface area contributed by atoms with E-state index in [0.717, 1.165) is 17.8 Å². The smallest absolute Gasteiger partial charge is 0.347 e. The summed E-state index contributed by atoms with van der Waals surface area (Å²) >= 11 is 1.03. The van der Waals surface area contributed by atoms with Gasteiger partial charge >= 0.3 is 5.97 Å². The Morgan fingerprint density at radius 3 is 2.84 bits per heavy atom. The largest absolute Gasteiger partial charge is 0.477 e. The summed E-state index contributed by atoms with van der Waals surface area (Å²) in [5.41, 5.74) is 1.44. The van der Waals surface area contributed by atoms with Crippen molar-refractivity contribution in [2.75, 3.05) is 0 Å². The van der Waals surface area contributed by atoms with Crippen molar-refractivity contribution in [2.45, 2.75) is 26.7 Å². The van der Waals surface area contributed by atoms with Crippen LogP contribution in [0.3, 0.4) is 0 Å². The topological polar surface area (TPSA) is 50.2 Å². The zero-order chi connectivity index (χ0) is 14.0. The molecule has 2 aromatic rings. The van der Waals surface area contributed by atoms with E-state index < -0.39 is 5.97 Å². The third-order valence-electron chi connectivity index (χ3n) is 2.80. The first-order valence-corrected chi connectivity index (χ1v) is 6.84. The summed E-state index contributed by atoms with van der Waals surface area (Å²) in [5, 5.41) is 9.59. The van der Waals surface area contributed by atoms with Crippen molar-refractivity contribution in [3.8, 4) is 10.6 Å². The predicted molar refractivity (Wildman–Crippen MR) is 73.2 cm³/mol. The van der Waals surface area contributed by atoms with Crippen LogP contribution in [-0.2, 0) is 6.42 Å². The number of hydrogen-bond donors (Lipinski definition) is 1. The highest BCUT2D eigenvalue weighted by Gasteiger charge is 2.19. The van der Waals surface area contributed by atoms with Gasteiger partial charge in [-0.2, -0.15) is 0 Å². The molecule has 0 fully saturated rings. The summed E-state index contributed by atoms with van der Waals surface area (Å²) in [4.78, 5) is 15.7. The highest BCUT2D eigenvalue weighted by atomic mass is 32.1. The Bertz CT molecular complexity index is 622. The van der Waals surface area contributed by atoms with E-state index >= 15 is 0 Å². The lowest BCUT2D eigenvalue weighted by Gasteiger charge is -2.01. The minimum Gasteiger partial charge on any atom is -0.477 e. The molecule has 0 bridgehead atoms. The average Bonchev–Trinajstić information content (AvgIpc) is 2.77. The summed E-state index contributed by atoms with van der Waals surface area (Å²) in [6.07, 6.45) is 1.39. The van der Waals surface area contributed by atoms with Gasteiger partial charge in [-0.15, -0.1) is 11.3 Å². The van der Waals surface area contributed by atoms with E-state index in [0.29, 0.717) is 28.2 Å². The summed E-state index contributed by atoms with van der Waals surface area (Å²) < 4.78 is 14.0. The highest BCUT2D eigenvalue weighted by molar-refractivity contribution is 7.17. The number of carbonyl (C=O) groups is 1. The van der Waals surface area contributed by atoms with Crippen LogP contribution in [0.4, 0.5) is 4.39 Å². The number of aromatic carboxylic acids is 1. The summed E-state index contributed by atoms with van der Waals surface area (Å²) in [6, 6.07) is 5.05. The van der Waals surface area contributed by atoms with Crippen molar-refractivity contribution in [3.63, 3.8) is 0 Å². The Morgan fingerprint density at radius 2 is 2.21 bits per heavy atom. The number of aromatic nitrogens is 1. The number of nitrogens with zero attached hydrogens (tertiary/aromatic N) is 1. The van der Waals surface area contributed by atoms with Crippen molar-refractivity contribution in [1.29, 1.82) is 0 Å². The molecule has 0 unspecified atom stereocenters. The third-order valence-corrected chi connectivity index (χ3v) is 3.92. The molecule has 1 heterocycles. The lowest BCUT2D eigenvalue weighted by atomic mass is 10.1. The second-order valence-corrected chi connectivity index (χ2v) is 5.29. The second kappa shape index (κ2) is 5.48. The number of aryl methyl sites for hydroxylation is 2. The molecule has 19 heavy (non-hydrogen) atoms. The molecular formula is C14H14FNO2S. The molecule has 100 valence electrons. The SMILES string of the molecule is CCCc1nc(-c2cccc(C)c2F)sc1C(=O)O. The minimum absolute atomic E-state index is 0.206. The van der Waals surface area contributed by atoms with Gasteiger partial charge in [0.2, 0.25) is 0 Å². The van der Waals surface area contributed by atoms with Gasteiger partial charge < -0.3 is 5.11 Å². The van der Waals surface area contributed by atoms with Gasteiger partial charge in [-0.3, -0.25) is 0 Å². The van der Waals surface area contributed by atoms with Gasteiger partial charge in [0, 0.05) is 5.56 Å². The fourth-order valence-electron chi connectivity index (χ4n) is 1.85. The Morgan fingerprint density at radius 1 is 1.47 bits per heavy atom. The van der Waals surface area contributed by atoms with E-state index in [4.69, 9.17) is 5.11 Å². The normalized spacial score (nSPS) is 10.7. The quantitative estimate of drug-likeness (QED) is 0.923. The molecule has 3 nitrogen and oxygen atoms in total. The van der Waals surface area contributed by atoms with Gasteiger partial charge in [0.1, 0.15) is 15.7 Å². The van der Waals surface area contributed by atoms with Crippen molar-refractivity contribution >= 4 is 17.3 Å². The van der Waals surface area contributed by atoms with E-state index in [1.165, 1.54) is 0 Å². The lowest BCUT2D eigenvalue weighted by Crippen LogP contribution is -1.98. The van der Waals surface area contributed by atoms with Gasteiger partial charge in [0.25, 0.3) is 0 Å². The minimum atomic E-state index is -1.000. The standard InChI is InChI=1S/C14H14FNO2S/c1-3-5-10-12(14(17)18)19-13(16-10)9-7-4-6-8(2)11(9)15/h4,6-7H,3,5H2,1-2H3,(H,17,18). The molecule has 5 heteroatoms. The van der Waals surface area contributed by atoms with Gasteiger partial charge in [0.05, 0.1) is 5.69 Å². The van der Waals surface area contributed by atoms with Crippen LogP contribution in [0.15, 0.2) is 18.2 Å². The fourth-order valence-corrected chi connectivity index (χ4v) is 2.82. The monoisotopic (exact) mass is 279 g/mol. The molecular weight excluding hydrogens is 265 g/mol. The first-order chi connectivity index (χ1) is 9.04. The van der Waals surface area contributed by atoms with E-state index in [9.17, 15) is 9.18 Å². The Hall–Kier alpha value is -1.75. The maximum Gasteiger partial charge on any atom is 0.347 e. The van der Waals surface area contributed by atoms with Crippen LogP contribution < -0.4 is 0 Å². The summed E-state index contributed by atoms with van der Waals surface area (Å²) in [6.45, 7) is 3.63. The second-order valence-electron chi connectivity index (χ2n) is 4.29. The maximum atomic E-state index is 14.0. The molecule has 1 N–H and O–H groups in total. The van der Waals surface area contributed by atoms with Crippen LogP contribution in [0.25, 0.3) is 10.6 Å². The molecule has 0 aliphatic heterocycles. The van der Waals surface area contributed by atoms with Crippen molar-refractivity contribution in [2.24, 2.45) is 0 Å². The number of carboxylic acid groups (broad SMARTS) is 1. The van der Waals surface area contributed by atoms with Gasteiger partial charge in [0.15, 0.2) is 0 Å². The van der Waals surface area contributed by atoms with Crippen molar-refractivity contribution in [1.82, 2.24) is 4.98 Å². The number of halogens is 1. The summed E-state index contributed by atoms with van der Waals surface area (Å²) in [5.74, 6) is -1.34. The Kier molecular flexibility index (Phi) is 3.95. The van der Waals surface area contributed by atoms with Gasteiger partial charge in [-0.05, 0) is 25.0 Å². The zero-order valence-electron chi connectivity index (χ0n) is 10.7. The number of rotatable bonds is 4. The van der Waals surface area contributed by atoms with Crippen molar-refractivity contribution in [3.05, 3.63) is 40.2 Å². The molecule has 0 saturated carbocycles. The number of thiazole rings is 1. The van der Waals surface area contributed by atoms with E-state index in [1.54, 1.807) is 25.1 Å². The van der Waals surface area contributed by atoms with Crippen LogP contribution in [0.1, 0.15) is 34.3 Å². The highest BCUT2D eigenvalue weighted by Crippen LogP contribution is 2.31. The number of benzene rings is 1. The molecule has 0 spiro atoms. The van der Waals surface area contributed by atoms with E-state index in [-0.39, 0.29) is 10.7 Å². The van der Waals surface area contributed by atoms with Crippen molar-refractivity contribution < 1.29 is 14.3 Å².